The number of ether oxygens (including phenoxy) is 2. The van der Waals surface area contributed by atoms with Crippen molar-refractivity contribution >= 4 is 23.5 Å². The molecule has 0 unspecified atom stereocenters. The fourth-order valence-corrected chi connectivity index (χ4v) is 3.32. The van der Waals surface area contributed by atoms with Gasteiger partial charge in [0.05, 0.1) is 12.8 Å². The van der Waals surface area contributed by atoms with E-state index in [0.717, 1.165) is 11.4 Å². The molecule has 0 bridgehead atoms. The number of piperazine rings is 1. The van der Waals surface area contributed by atoms with E-state index >= 15 is 0 Å². The third-order valence-electron chi connectivity index (χ3n) is 4.92. The third kappa shape index (κ3) is 4.19. The number of rotatable bonds is 5. The van der Waals surface area contributed by atoms with Crippen LogP contribution in [0.25, 0.3) is 5.65 Å². The van der Waals surface area contributed by atoms with Gasteiger partial charge in [-0.2, -0.15) is 5.10 Å². The molecule has 1 aromatic carbocycles. The van der Waals surface area contributed by atoms with Crippen LogP contribution in [-0.4, -0.2) is 64.3 Å². The molecule has 156 valence electrons. The second-order valence-corrected chi connectivity index (χ2v) is 6.85. The summed E-state index contributed by atoms with van der Waals surface area (Å²) in [4.78, 5) is 32.8. The van der Waals surface area contributed by atoms with Gasteiger partial charge in [0.25, 0.3) is 0 Å². The largest absolute Gasteiger partial charge is 0.462 e. The molecule has 3 heterocycles. The molecule has 4 rings (SSSR count). The molecule has 0 aliphatic carbocycles. The number of carbonyl (C=O) groups is 2. The lowest BCUT2D eigenvalue weighted by atomic mass is 10.2. The van der Waals surface area contributed by atoms with Crippen molar-refractivity contribution in [3.05, 3.63) is 59.9 Å². The zero-order valence-electron chi connectivity index (χ0n) is 16.7. The molecule has 0 N–H and O–H groups in total. The number of esters is 1. The van der Waals surface area contributed by atoms with Gasteiger partial charge in [-0.25, -0.2) is 19.1 Å². The summed E-state index contributed by atoms with van der Waals surface area (Å²) < 4.78 is 12.0. The fourth-order valence-electron chi connectivity index (χ4n) is 3.32. The van der Waals surface area contributed by atoms with Gasteiger partial charge in [-0.15, -0.1) is 0 Å². The van der Waals surface area contributed by atoms with Crippen molar-refractivity contribution in [2.75, 3.05) is 37.7 Å². The highest BCUT2D eigenvalue weighted by atomic mass is 16.6. The Balaban J connectivity index is 1.37. The molecule has 1 amide bonds. The predicted molar refractivity (Wildman–Crippen MR) is 109 cm³/mol. The number of hydrogen-bond acceptors (Lipinski definition) is 7. The maximum absolute atomic E-state index is 12.3. The van der Waals surface area contributed by atoms with Gasteiger partial charge >= 0.3 is 12.1 Å². The Kier molecular flexibility index (Phi) is 5.78. The molecule has 0 radical (unpaired) electrons. The SMILES string of the molecule is CCOC(=O)c1cnn2ccc(N3CCN(C(=O)OCc4ccccc4)CC3)nc12. The molecule has 30 heavy (non-hydrogen) atoms. The van der Waals surface area contributed by atoms with E-state index in [1.54, 1.807) is 22.5 Å². The van der Waals surface area contributed by atoms with Crippen LogP contribution in [0.1, 0.15) is 22.8 Å². The summed E-state index contributed by atoms with van der Waals surface area (Å²) in [5.41, 5.74) is 1.75. The number of hydrogen-bond donors (Lipinski definition) is 0. The second kappa shape index (κ2) is 8.81. The smallest absolute Gasteiger partial charge is 0.410 e. The maximum atomic E-state index is 12.3. The first kappa shape index (κ1) is 19.7. The Bertz CT molecular complexity index is 1030. The van der Waals surface area contributed by atoms with Gasteiger partial charge in [0.1, 0.15) is 18.0 Å². The van der Waals surface area contributed by atoms with E-state index in [1.807, 2.05) is 36.4 Å². The van der Waals surface area contributed by atoms with Gasteiger partial charge < -0.3 is 19.3 Å². The van der Waals surface area contributed by atoms with Crippen LogP contribution in [-0.2, 0) is 16.1 Å². The van der Waals surface area contributed by atoms with E-state index in [4.69, 9.17) is 9.47 Å². The zero-order chi connectivity index (χ0) is 20.9. The summed E-state index contributed by atoms with van der Waals surface area (Å²) in [6.45, 7) is 4.61. The highest BCUT2D eigenvalue weighted by Gasteiger charge is 2.24. The molecule has 3 aromatic rings. The highest BCUT2D eigenvalue weighted by Crippen LogP contribution is 2.18. The first-order chi connectivity index (χ1) is 14.7. The molecule has 1 aliphatic rings. The molecule has 0 atom stereocenters. The van der Waals surface area contributed by atoms with Gasteiger partial charge in [-0.1, -0.05) is 30.3 Å². The predicted octanol–water partition coefficient (Wildman–Crippen LogP) is 2.36. The Hall–Kier alpha value is -3.62. The van der Waals surface area contributed by atoms with Crippen molar-refractivity contribution in [1.82, 2.24) is 19.5 Å². The van der Waals surface area contributed by atoms with Gasteiger partial charge in [-0.05, 0) is 18.6 Å². The summed E-state index contributed by atoms with van der Waals surface area (Å²) in [6.07, 6.45) is 2.91. The number of carbonyl (C=O) groups excluding carboxylic acids is 2. The minimum Gasteiger partial charge on any atom is -0.462 e. The number of anilines is 1. The van der Waals surface area contributed by atoms with Crippen LogP contribution in [0, 0.1) is 0 Å². The first-order valence-corrected chi connectivity index (χ1v) is 9.88. The summed E-state index contributed by atoms with van der Waals surface area (Å²) in [5, 5.41) is 4.15. The molecule has 1 saturated heterocycles. The van der Waals surface area contributed by atoms with E-state index in [1.165, 1.54) is 6.20 Å². The summed E-state index contributed by atoms with van der Waals surface area (Å²) in [5.74, 6) is 0.286. The number of nitrogens with zero attached hydrogens (tertiary/aromatic N) is 5. The minimum absolute atomic E-state index is 0.260. The van der Waals surface area contributed by atoms with Crippen LogP contribution in [0.4, 0.5) is 10.6 Å². The quantitative estimate of drug-likeness (QED) is 0.598. The van der Waals surface area contributed by atoms with Crippen molar-refractivity contribution in [3.8, 4) is 0 Å². The zero-order valence-corrected chi connectivity index (χ0v) is 16.7. The number of amides is 1. The topological polar surface area (TPSA) is 89.3 Å². The summed E-state index contributed by atoms with van der Waals surface area (Å²) >= 11 is 0. The lowest BCUT2D eigenvalue weighted by Crippen LogP contribution is -2.49. The van der Waals surface area contributed by atoms with Crippen LogP contribution in [0.5, 0.6) is 0 Å². The van der Waals surface area contributed by atoms with E-state index in [-0.39, 0.29) is 19.3 Å². The van der Waals surface area contributed by atoms with Crippen molar-refractivity contribution < 1.29 is 19.1 Å². The van der Waals surface area contributed by atoms with Crippen molar-refractivity contribution in [1.29, 1.82) is 0 Å². The number of fused-ring (bicyclic) bond motifs is 1. The van der Waals surface area contributed by atoms with Crippen LogP contribution >= 0.6 is 0 Å². The first-order valence-electron chi connectivity index (χ1n) is 9.88. The minimum atomic E-state index is -0.442. The van der Waals surface area contributed by atoms with E-state index in [9.17, 15) is 9.59 Å². The fraction of sp³-hybridized carbons (Fsp3) is 0.333. The summed E-state index contributed by atoms with van der Waals surface area (Å²) in [6, 6.07) is 11.5. The molecule has 1 fully saturated rings. The van der Waals surface area contributed by atoms with Crippen LogP contribution < -0.4 is 4.90 Å². The molecule has 0 saturated carbocycles. The van der Waals surface area contributed by atoms with Crippen molar-refractivity contribution in [2.24, 2.45) is 0 Å². The molecule has 1 aliphatic heterocycles. The lowest BCUT2D eigenvalue weighted by molar-refractivity contribution is 0.0528. The van der Waals surface area contributed by atoms with Gasteiger partial charge in [0.2, 0.25) is 0 Å². The monoisotopic (exact) mass is 409 g/mol. The summed E-state index contributed by atoms with van der Waals surface area (Å²) in [7, 11) is 0. The molecule has 9 heteroatoms. The van der Waals surface area contributed by atoms with Crippen LogP contribution in [0.3, 0.4) is 0 Å². The normalized spacial score (nSPS) is 14.0. The average molecular weight is 409 g/mol. The molecule has 2 aromatic heterocycles. The van der Waals surface area contributed by atoms with Crippen molar-refractivity contribution in [2.45, 2.75) is 13.5 Å². The average Bonchev–Trinajstić information content (AvgIpc) is 3.22. The molecular formula is C21H23N5O4. The van der Waals surface area contributed by atoms with E-state index < -0.39 is 5.97 Å². The lowest BCUT2D eigenvalue weighted by Gasteiger charge is -2.34. The van der Waals surface area contributed by atoms with E-state index in [0.29, 0.717) is 37.4 Å². The molecular weight excluding hydrogens is 386 g/mol. The third-order valence-corrected chi connectivity index (χ3v) is 4.92. The van der Waals surface area contributed by atoms with Gasteiger partial charge in [0.15, 0.2) is 5.65 Å². The number of aromatic nitrogens is 3. The Morgan fingerprint density at radius 1 is 1.03 bits per heavy atom. The van der Waals surface area contributed by atoms with E-state index in [2.05, 4.69) is 15.0 Å². The van der Waals surface area contributed by atoms with Crippen LogP contribution in [0.2, 0.25) is 0 Å². The Morgan fingerprint density at radius 3 is 2.53 bits per heavy atom. The number of benzene rings is 1. The van der Waals surface area contributed by atoms with Gasteiger partial charge in [0, 0.05) is 32.4 Å². The Labute approximate surface area is 173 Å². The standard InChI is InChI=1S/C21H23N5O4/c1-2-29-20(27)17-14-22-26-9-8-18(23-19(17)26)24-10-12-25(13-11-24)21(28)30-15-16-6-4-3-5-7-16/h3-9,14H,2,10-13,15H2,1H3. The molecule has 0 spiro atoms. The maximum Gasteiger partial charge on any atom is 0.410 e. The Morgan fingerprint density at radius 2 is 1.80 bits per heavy atom. The molecule has 9 nitrogen and oxygen atoms in total. The van der Waals surface area contributed by atoms with Gasteiger partial charge in [-0.3, -0.25) is 0 Å². The van der Waals surface area contributed by atoms with Crippen molar-refractivity contribution in [3.63, 3.8) is 0 Å². The highest BCUT2D eigenvalue weighted by molar-refractivity contribution is 5.95. The van der Waals surface area contributed by atoms with Crippen LogP contribution in [0.15, 0.2) is 48.8 Å². The second-order valence-electron chi connectivity index (χ2n) is 6.85.